The summed E-state index contributed by atoms with van der Waals surface area (Å²) in [7, 11) is 0. The lowest BCUT2D eigenvalue weighted by Gasteiger charge is -2.42. The van der Waals surface area contributed by atoms with Crippen LogP contribution < -0.4 is 15.1 Å². The standard InChI is InChI=1S/C36H54N5O3.C2H6/c1-7-11-19-29(20-12-8-2)33(10-4)40-24-28-18-14-21-31(22-28)41(42,43)39-36-37-32(35-26(5)16-13-17-27(35)6)23-34(38-36)44-25-30(40)15-9-3;1-2/h13-14,16-18,21-23,29-30,33,42-43H,7-12,15,19-20,24-25H2,1-6H3,(H,37,38,39);1-2H3/q+1;. The predicted molar refractivity (Wildman–Crippen MR) is 190 cm³/mol. The van der Waals surface area contributed by atoms with E-state index in [9.17, 15) is 10.4 Å². The van der Waals surface area contributed by atoms with E-state index in [4.69, 9.17) is 9.72 Å². The van der Waals surface area contributed by atoms with E-state index < -0.39 is 4.92 Å². The molecular weight excluding hydrogens is 574 g/mol. The lowest BCUT2D eigenvalue weighted by molar-refractivity contribution is -0.273. The normalized spacial score (nSPS) is 17.0. The van der Waals surface area contributed by atoms with Crippen LogP contribution in [0, 0.1) is 19.8 Å². The van der Waals surface area contributed by atoms with Gasteiger partial charge in [-0.25, -0.2) is 4.98 Å². The number of nitrogens with zero attached hydrogens (tertiary/aromatic N) is 4. The van der Waals surface area contributed by atoms with Crippen molar-refractivity contribution in [2.75, 3.05) is 12.0 Å². The molecule has 1 aromatic heterocycles. The Labute approximate surface area is 278 Å². The molecule has 8 heteroatoms. The first-order chi connectivity index (χ1) is 22.2. The minimum absolute atomic E-state index is 0.0735. The number of aryl methyl sites for hydroxylation is 2. The number of aromatic nitrogens is 2. The molecule has 0 saturated heterocycles. The van der Waals surface area contributed by atoms with Gasteiger partial charge in [-0.15, -0.1) is 15.8 Å². The summed E-state index contributed by atoms with van der Waals surface area (Å²) in [5.74, 6) is 1.07. The fraction of sp³-hybridized carbons (Fsp3) is 0.579. The Kier molecular flexibility index (Phi) is 14.9. The monoisotopic (exact) mass is 634 g/mol. The van der Waals surface area contributed by atoms with Crippen molar-refractivity contribution in [2.24, 2.45) is 5.92 Å². The van der Waals surface area contributed by atoms with Crippen molar-refractivity contribution in [3.8, 4) is 17.1 Å². The minimum atomic E-state index is -1.57. The summed E-state index contributed by atoms with van der Waals surface area (Å²) in [5.41, 5.74) is 7.86. The van der Waals surface area contributed by atoms with E-state index >= 15 is 0 Å². The topological polar surface area (TPSA) is 90.7 Å². The average Bonchev–Trinajstić information content (AvgIpc) is 3.04. The zero-order valence-corrected chi connectivity index (χ0v) is 29.7. The lowest BCUT2D eigenvalue weighted by Crippen LogP contribution is -2.49. The van der Waals surface area contributed by atoms with Gasteiger partial charge in [-0.2, -0.15) is 4.98 Å². The molecule has 1 aliphatic heterocycles. The molecule has 8 nitrogen and oxygen atoms in total. The highest BCUT2D eigenvalue weighted by molar-refractivity contribution is 5.69. The van der Waals surface area contributed by atoms with Crippen molar-refractivity contribution in [3.63, 3.8) is 0 Å². The molecule has 0 aliphatic carbocycles. The molecule has 1 aliphatic rings. The van der Waals surface area contributed by atoms with Gasteiger partial charge < -0.3 is 4.74 Å². The van der Waals surface area contributed by atoms with Crippen molar-refractivity contribution >= 4 is 11.6 Å². The Bertz CT molecular complexity index is 1320. The zero-order chi connectivity index (χ0) is 33.7. The Morgan fingerprint density at radius 2 is 1.57 bits per heavy atom. The van der Waals surface area contributed by atoms with E-state index in [2.05, 4.69) is 75.1 Å². The molecule has 2 aromatic carbocycles. The fourth-order valence-corrected chi connectivity index (χ4v) is 6.84. The van der Waals surface area contributed by atoms with Crippen LogP contribution in [0.4, 0.5) is 11.6 Å². The van der Waals surface area contributed by atoms with Gasteiger partial charge in [0.1, 0.15) is 6.61 Å². The number of anilines is 1. The molecule has 0 spiro atoms. The van der Waals surface area contributed by atoms with Gasteiger partial charge in [0.05, 0.1) is 10.6 Å². The number of hydrogen-bond donors (Lipinski definition) is 3. The van der Waals surface area contributed by atoms with E-state index in [0.29, 0.717) is 42.4 Å². The highest BCUT2D eigenvalue weighted by Crippen LogP contribution is 2.33. The molecule has 3 aromatic rings. The van der Waals surface area contributed by atoms with E-state index in [1.165, 1.54) is 38.5 Å². The van der Waals surface area contributed by atoms with Gasteiger partial charge in [-0.3, -0.25) is 4.90 Å². The first-order valence-corrected chi connectivity index (χ1v) is 17.8. The van der Waals surface area contributed by atoms with Crippen LogP contribution in [0.2, 0.25) is 0 Å². The number of nitrogens with one attached hydrogen (secondary N) is 1. The highest BCUT2D eigenvalue weighted by atomic mass is 16.9. The van der Waals surface area contributed by atoms with Crippen LogP contribution in [0.3, 0.4) is 0 Å². The van der Waals surface area contributed by atoms with Crippen molar-refractivity contribution in [1.29, 1.82) is 0 Å². The van der Waals surface area contributed by atoms with Gasteiger partial charge in [0, 0.05) is 42.4 Å². The van der Waals surface area contributed by atoms with Crippen LogP contribution in [0.25, 0.3) is 11.3 Å². The van der Waals surface area contributed by atoms with Gasteiger partial charge in [-0.1, -0.05) is 104 Å². The van der Waals surface area contributed by atoms with Gasteiger partial charge in [0.2, 0.25) is 11.6 Å². The Morgan fingerprint density at radius 1 is 0.913 bits per heavy atom. The predicted octanol–water partition coefficient (Wildman–Crippen LogP) is 10.0. The average molecular weight is 635 g/mol. The van der Waals surface area contributed by atoms with Gasteiger partial charge in [0.25, 0.3) is 5.95 Å². The molecule has 0 radical (unpaired) electrons. The van der Waals surface area contributed by atoms with Crippen LogP contribution >= 0.6 is 0 Å². The molecule has 3 N–H and O–H groups in total. The summed E-state index contributed by atoms with van der Waals surface area (Å²) in [5, 5.41) is 22.5. The largest absolute Gasteiger partial charge is 0.476 e. The number of benzene rings is 2. The lowest BCUT2D eigenvalue weighted by atomic mass is 9.85. The summed E-state index contributed by atoms with van der Waals surface area (Å²) in [4.78, 5) is 10.4. The molecule has 4 rings (SSSR count). The second kappa shape index (κ2) is 18.3. The molecular formula is C38H60N5O3+. The van der Waals surface area contributed by atoms with Gasteiger partial charge >= 0.3 is 0 Å². The third-order valence-electron chi connectivity index (χ3n) is 9.09. The molecule has 2 heterocycles. The third-order valence-corrected chi connectivity index (χ3v) is 9.09. The van der Waals surface area contributed by atoms with Crippen LogP contribution in [-0.2, 0) is 6.54 Å². The van der Waals surface area contributed by atoms with Crippen LogP contribution in [0.15, 0.2) is 48.5 Å². The Hall–Kier alpha value is -3.04. The maximum absolute atomic E-state index is 11.3. The molecule has 0 amide bonds. The second-order valence-corrected chi connectivity index (χ2v) is 12.5. The van der Waals surface area contributed by atoms with Crippen LogP contribution in [0.1, 0.15) is 116 Å². The van der Waals surface area contributed by atoms with Crippen molar-refractivity contribution in [2.45, 2.75) is 132 Å². The number of hydrogen-bond acceptors (Lipinski definition) is 7. The van der Waals surface area contributed by atoms with Crippen molar-refractivity contribution in [1.82, 2.24) is 19.8 Å². The number of fused-ring (bicyclic) bond motifs is 4. The number of quaternary nitrogens is 1. The summed E-state index contributed by atoms with van der Waals surface area (Å²) in [6.07, 6.45) is 10.4. The second-order valence-electron chi connectivity index (χ2n) is 12.5. The van der Waals surface area contributed by atoms with Crippen molar-refractivity contribution in [3.05, 3.63) is 65.2 Å². The number of unbranched alkanes of at least 4 members (excludes halogenated alkanes) is 2. The number of rotatable bonds is 12. The van der Waals surface area contributed by atoms with E-state index in [1.54, 1.807) is 6.07 Å². The third kappa shape index (κ3) is 9.74. The maximum atomic E-state index is 11.3. The summed E-state index contributed by atoms with van der Waals surface area (Å²) in [6.45, 7) is 18.4. The molecule has 4 bridgehead atoms. The smallest absolute Gasteiger partial charge is 0.279 e. The minimum Gasteiger partial charge on any atom is -0.476 e. The molecule has 0 saturated carbocycles. The fourth-order valence-electron chi connectivity index (χ4n) is 6.84. The van der Waals surface area contributed by atoms with Gasteiger partial charge in [0.15, 0.2) is 0 Å². The molecule has 2 unspecified atom stereocenters. The quantitative estimate of drug-likeness (QED) is 0.171. The van der Waals surface area contributed by atoms with E-state index in [-0.39, 0.29) is 12.0 Å². The summed E-state index contributed by atoms with van der Waals surface area (Å²) >= 11 is 0. The Balaban J connectivity index is 0.00000282. The first kappa shape index (κ1) is 37.4. The Morgan fingerprint density at radius 3 is 2.17 bits per heavy atom. The van der Waals surface area contributed by atoms with Crippen LogP contribution in [-0.4, -0.2) is 44.0 Å². The SMILES string of the molecule is CC.CCCCC(CCCC)C(CC)N1Cc2cccc(c2)[N+](O)(O)Nc2nc(cc(-c3c(C)cccc3C)n2)OCC1CCC. The molecule has 0 fully saturated rings. The highest BCUT2D eigenvalue weighted by Gasteiger charge is 2.34. The molecule has 46 heavy (non-hydrogen) atoms. The zero-order valence-electron chi connectivity index (χ0n) is 29.7. The van der Waals surface area contributed by atoms with Gasteiger partial charge in [-0.05, 0) is 62.1 Å². The summed E-state index contributed by atoms with van der Waals surface area (Å²) < 4.78 is 6.56. The number of ether oxygens (including phenoxy) is 1. The van der Waals surface area contributed by atoms with Crippen LogP contribution in [0.5, 0.6) is 5.88 Å². The maximum Gasteiger partial charge on any atom is 0.279 e. The molecule has 2 atom stereocenters. The summed E-state index contributed by atoms with van der Waals surface area (Å²) in [6, 6.07) is 16.1. The molecule has 254 valence electrons. The van der Waals surface area contributed by atoms with Crippen molar-refractivity contribution < 1.29 is 15.2 Å². The van der Waals surface area contributed by atoms with E-state index in [1.807, 2.05) is 38.1 Å². The van der Waals surface area contributed by atoms with E-state index in [0.717, 1.165) is 41.5 Å². The first-order valence-electron chi connectivity index (χ1n) is 17.8.